The number of hydrogen-bond donors (Lipinski definition) is 1. The van der Waals surface area contributed by atoms with E-state index < -0.39 is 0 Å². The number of aryl methyl sites for hydroxylation is 2. The molecule has 3 fully saturated rings. The molecule has 0 amide bonds. The molecule has 0 radical (unpaired) electrons. The van der Waals surface area contributed by atoms with Crippen LogP contribution >= 0.6 is 0 Å². The molecular formula is C22H30N4O3. The van der Waals surface area contributed by atoms with Crippen molar-refractivity contribution < 1.29 is 14.6 Å². The summed E-state index contributed by atoms with van der Waals surface area (Å²) in [6.07, 6.45) is 3.73. The fourth-order valence-electron chi connectivity index (χ4n) is 5.04. The summed E-state index contributed by atoms with van der Waals surface area (Å²) in [6.45, 7) is 7.89. The van der Waals surface area contributed by atoms with Gasteiger partial charge in [-0.15, -0.1) is 0 Å². The third-order valence-corrected chi connectivity index (χ3v) is 6.88. The Morgan fingerprint density at radius 1 is 1.28 bits per heavy atom. The Morgan fingerprint density at radius 3 is 2.59 bits per heavy atom. The van der Waals surface area contributed by atoms with E-state index >= 15 is 0 Å². The molecule has 1 atom stereocenters. The minimum absolute atomic E-state index is 0.0400. The van der Waals surface area contributed by atoms with Crippen LogP contribution < -0.4 is 4.90 Å². The topological polar surface area (TPSA) is 89.7 Å². The molecule has 4 heterocycles. The van der Waals surface area contributed by atoms with E-state index in [2.05, 4.69) is 20.9 Å². The third kappa shape index (κ3) is 3.96. The standard InChI is InChI=1S/C22H30N4O3/c1-15-11-20(24-16(2)19(15)13-23)26-9-5-22(6-10-26)12-18(29-21(22)28)14-25-7-3-17(27)4-8-25/h11,17-18,27H,3-10,12,14H2,1-2H3. The Hall–Kier alpha value is -2.17. The van der Waals surface area contributed by atoms with Gasteiger partial charge in [0.15, 0.2) is 0 Å². The number of cyclic esters (lactones) is 1. The highest BCUT2D eigenvalue weighted by Gasteiger charge is 2.50. The molecule has 1 spiro atoms. The number of carbonyl (C=O) groups excluding carboxylic acids is 1. The van der Waals surface area contributed by atoms with Crippen LogP contribution in [0.25, 0.3) is 0 Å². The maximum atomic E-state index is 12.7. The van der Waals surface area contributed by atoms with Crippen molar-refractivity contribution in [3.63, 3.8) is 0 Å². The number of esters is 1. The number of anilines is 1. The van der Waals surface area contributed by atoms with Crippen molar-refractivity contribution in [2.45, 2.75) is 58.2 Å². The van der Waals surface area contributed by atoms with E-state index in [-0.39, 0.29) is 23.6 Å². The number of piperidine rings is 2. The molecular weight excluding hydrogens is 368 g/mol. The molecule has 156 valence electrons. The summed E-state index contributed by atoms with van der Waals surface area (Å²) in [4.78, 5) is 21.9. The van der Waals surface area contributed by atoms with Crippen molar-refractivity contribution in [1.29, 1.82) is 5.26 Å². The van der Waals surface area contributed by atoms with Gasteiger partial charge < -0.3 is 14.7 Å². The summed E-state index contributed by atoms with van der Waals surface area (Å²) < 4.78 is 5.78. The minimum atomic E-state index is -0.368. The van der Waals surface area contributed by atoms with Gasteiger partial charge in [0.1, 0.15) is 18.0 Å². The molecule has 1 N–H and O–H groups in total. The lowest BCUT2D eigenvalue weighted by Crippen LogP contribution is -2.43. The number of nitriles is 1. The molecule has 0 bridgehead atoms. The normalized spacial score (nSPS) is 25.2. The van der Waals surface area contributed by atoms with Crippen LogP contribution in [-0.4, -0.2) is 65.9 Å². The summed E-state index contributed by atoms with van der Waals surface area (Å²) >= 11 is 0. The summed E-state index contributed by atoms with van der Waals surface area (Å²) in [5.41, 5.74) is 1.99. The van der Waals surface area contributed by atoms with Gasteiger partial charge in [-0.05, 0) is 51.2 Å². The number of aromatic nitrogens is 1. The first-order valence-electron chi connectivity index (χ1n) is 10.6. The quantitative estimate of drug-likeness (QED) is 0.778. The second-order valence-corrected chi connectivity index (χ2v) is 8.90. The van der Waals surface area contributed by atoms with Crippen molar-refractivity contribution in [3.8, 4) is 6.07 Å². The van der Waals surface area contributed by atoms with Crippen LogP contribution in [0.3, 0.4) is 0 Å². The second-order valence-electron chi connectivity index (χ2n) is 8.90. The lowest BCUT2D eigenvalue weighted by molar-refractivity contribution is -0.150. The van der Waals surface area contributed by atoms with E-state index in [1.807, 2.05) is 19.9 Å². The van der Waals surface area contributed by atoms with E-state index in [1.54, 1.807) is 0 Å². The van der Waals surface area contributed by atoms with Crippen molar-refractivity contribution in [1.82, 2.24) is 9.88 Å². The van der Waals surface area contributed by atoms with Crippen LogP contribution in [0, 0.1) is 30.6 Å². The van der Waals surface area contributed by atoms with E-state index in [0.717, 1.165) is 81.9 Å². The van der Waals surface area contributed by atoms with Gasteiger partial charge in [-0.1, -0.05) is 0 Å². The Balaban J connectivity index is 1.37. The zero-order valence-electron chi connectivity index (χ0n) is 17.4. The number of likely N-dealkylation sites (tertiary alicyclic amines) is 1. The van der Waals surface area contributed by atoms with Gasteiger partial charge >= 0.3 is 5.97 Å². The predicted octanol–water partition coefficient (Wildman–Crippen LogP) is 1.93. The van der Waals surface area contributed by atoms with Crippen LogP contribution in [0.5, 0.6) is 0 Å². The van der Waals surface area contributed by atoms with Gasteiger partial charge in [0.25, 0.3) is 0 Å². The third-order valence-electron chi connectivity index (χ3n) is 6.88. The maximum absolute atomic E-state index is 12.7. The van der Waals surface area contributed by atoms with E-state index in [9.17, 15) is 15.2 Å². The first kappa shape index (κ1) is 20.1. The number of rotatable bonds is 3. The van der Waals surface area contributed by atoms with Gasteiger partial charge in [-0.25, -0.2) is 4.98 Å². The Kier molecular flexibility index (Phi) is 5.50. The van der Waals surface area contributed by atoms with Gasteiger partial charge in [-0.2, -0.15) is 5.26 Å². The number of hydrogen-bond acceptors (Lipinski definition) is 7. The average molecular weight is 399 g/mol. The van der Waals surface area contributed by atoms with Crippen LogP contribution in [0.1, 0.15) is 48.9 Å². The molecule has 1 aromatic rings. The number of ether oxygens (including phenoxy) is 1. The first-order chi connectivity index (χ1) is 13.9. The van der Waals surface area contributed by atoms with Crippen LogP contribution in [0.4, 0.5) is 5.82 Å². The molecule has 29 heavy (non-hydrogen) atoms. The monoisotopic (exact) mass is 398 g/mol. The molecule has 3 aliphatic heterocycles. The van der Waals surface area contributed by atoms with Crippen molar-refractivity contribution in [2.24, 2.45) is 5.41 Å². The van der Waals surface area contributed by atoms with Crippen LogP contribution in [0.15, 0.2) is 6.07 Å². The van der Waals surface area contributed by atoms with Gasteiger partial charge in [0.2, 0.25) is 0 Å². The molecule has 7 nitrogen and oxygen atoms in total. The number of aliphatic hydroxyl groups is 1. The SMILES string of the molecule is Cc1cc(N2CCC3(CC2)CC(CN2CCC(O)CC2)OC3=O)nc(C)c1C#N. The molecule has 0 saturated carbocycles. The highest BCUT2D eigenvalue weighted by molar-refractivity contribution is 5.79. The summed E-state index contributed by atoms with van der Waals surface area (Å²) in [6, 6.07) is 4.20. The molecule has 4 rings (SSSR count). The van der Waals surface area contributed by atoms with Crippen LogP contribution in [0.2, 0.25) is 0 Å². The predicted molar refractivity (Wildman–Crippen MR) is 108 cm³/mol. The first-order valence-corrected chi connectivity index (χ1v) is 10.6. The summed E-state index contributed by atoms with van der Waals surface area (Å²) in [7, 11) is 0. The van der Waals surface area contributed by atoms with Crippen molar-refractivity contribution in [2.75, 3.05) is 37.6 Å². The van der Waals surface area contributed by atoms with Crippen molar-refractivity contribution in [3.05, 3.63) is 22.9 Å². The zero-order chi connectivity index (χ0) is 20.6. The largest absolute Gasteiger partial charge is 0.461 e. The molecule has 7 heteroatoms. The number of nitrogens with zero attached hydrogens (tertiary/aromatic N) is 4. The van der Waals surface area contributed by atoms with Gasteiger partial charge in [-0.3, -0.25) is 9.69 Å². The number of carbonyl (C=O) groups is 1. The maximum Gasteiger partial charge on any atom is 0.312 e. The lowest BCUT2D eigenvalue weighted by Gasteiger charge is -2.37. The Labute approximate surface area is 172 Å². The molecule has 3 saturated heterocycles. The van der Waals surface area contributed by atoms with Gasteiger partial charge in [0.05, 0.1) is 22.8 Å². The van der Waals surface area contributed by atoms with E-state index in [4.69, 9.17) is 4.74 Å². The lowest BCUT2D eigenvalue weighted by atomic mass is 9.76. The Morgan fingerprint density at radius 2 is 1.97 bits per heavy atom. The summed E-state index contributed by atoms with van der Waals surface area (Å²) in [5.74, 6) is 0.850. The van der Waals surface area contributed by atoms with E-state index in [0.29, 0.717) is 5.56 Å². The number of pyridine rings is 1. The number of aliphatic hydroxyl groups excluding tert-OH is 1. The molecule has 3 aliphatic rings. The summed E-state index contributed by atoms with van der Waals surface area (Å²) in [5, 5.41) is 18.9. The van der Waals surface area contributed by atoms with Crippen LogP contribution in [-0.2, 0) is 9.53 Å². The van der Waals surface area contributed by atoms with E-state index in [1.165, 1.54) is 0 Å². The molecule has 1 aromatic heterocycles. The fraction of sp³-hybridized carbons (Fsp3) is 0.682. The second kappa shape index (κ2) is 7.92. The highest BCUT2D eigenvalue weighted by Crippen LogP contribution is 2.44. The molecule has 1 unspecified atom stereocenters. The highest BCUT2D eigenvalue weighted by atomic mass is 16.6. The average Bonchev–Trinajstić information content (AvgIpc) is 2.98. The fourth-order valence-corrected chi connectivity index (χ4v) is 5.04. The zero-order valence-corrected chi connectivity index (χ0v) is 17.4. The smallest absolute Gasteiger partial charge is 0.312 e. The Bertz CT molecular complexity index is 795. The minimum Gasteiger partial charge on any atom is -0.461 e. The van der Waals surface area contributed by atoms with Gasteiger partial charge in [0, 0.05) is 39.1 Å². The molecule has 0 aliphatic carbocycles. The molecule has 0 aromatic carbocycles. The van der Waals surface area contributed by atoms with Crippen molar-refractivity contribution >= 4 is 11.8 Å².